The molecule has 2 aliphatic heterocycles. The van der Waals surface area contributed by atoms with Gasteiger partial charge in [0.2, 0.25) is 17.5 Å². The first-order valence-electron chi connectivity index (χ1n) is 10.2. The fourth-order valence-electron chi connectivity index (χ4n) is 4.05. The highest BCUT2D eigenvalue weighted by molar-refractivity contribution is 5.95. The van der Waals surface area contributed by atoms with Crippen LogP contribution in [0.1, 0.15) is 29.7 Å². The molecule has 1 fully saturated rings. The Balaban J connectivity index is 1.41. The summed E-state index contributed by atoms with van der Waals surface area (Å²) in [6.45, 7) is 1.93. The number of hydrogen-bond donors (Lipinski definition) is 0. The van der Waals surface area contributed by atoms with E-state index in [9.17, 15) is 9.18 Å². The van der Waals surface area contributed by atoms with Crippen molar-refractivity contribution >= 4 is 17.9 Å². The maximum Gasteiger partial charge on any atom is 0.246 e. The predicted molar refractivity (Wildman–Crippen MR) is 117 cm³/mol. The molecule has 0 aliphatic carbocycles. The number of ether oxygens (including phenoxy) is 2. The van der Waals surface area contributed by atoms with E-state index < -0.39 is 5.72 Å². The third-order valence-electron chi connectivity index (χ3n) is 5.64. The molecule has 0 spiro atoms. The van der Waals surface area contributed by atoms with Crippen LogP contribution in [0, 0.1) is 12.7 Å². The fourth-order valence-corrected chi connectivity index (χ4v) is 4.05. The summed E-state index contributed by atoms with van der Waals surface area (Å²) in [6.07, 6.45) is 7.99. The number of nitrogens with zero attached hydrogens (tertiary/aromatic N) is 4. The van der Waals surface area contributed by atoms with Crippen molar-refractivity contribution in [3.8, 4) is 11.4 Å². The maximum absolute atomic E-state index is 13.4. The maximum atomic E-state index is 13.4. The number of aromatic nitrogens is 2. The van der Waals surface area contributed by atoms with Gasteiger partial charge >= 0.3 is 0 Å². The van der Waals surface area contributed by atoms with Gasteiger partial charge in [-0.05, 0) is 42.8 Å². The molecule has 1 atom stereocenters. The summed E-state index contributed by atoms with van der Waals surface area (Å²) in [5.74, 6) is 0.538. The zero-order chi connectivity index (χ0) is 22.3. The van der Waals surface area contributed by atoms with E-state index in [4.69, 9.17) is 9.47 Å². The van der Waals surface area contributed by atoms with Gasteiger partial charge in [-0.2, -0.15) is 5.01 Å². The number of fused-ring (bicyclic) bond motifs is 1. The summed E-state index contributed by atoms with van der Waals surface area (Å²) in [4.78, 5) is 16.7. The van der Waals surface area contributed by atoms with Crippen molar-refractivity contribution in [3.05, 3.63) is 83.7 Å². The minimum Gasteiger partial charge on any atom is -0.495 e. The van der Waals surface area contributed by atoms with E-state index in [1.807, 2.05) is 42.0 Å². The van der Waals surface area contributed by atoms with Gasteiger partial charge in [0.15, 0.2) is 0 Å². The summed E-state index contributed by atoms with van der Waals surface area (Å²) in [7, 11) is 1.62. The number of rotatable bonds is 5. The highest BCUT2D eigenvalue weighted by atomic mass is 19.1. The first-order valence-corrected chi connectivity index (χ1v) is 10.2. The molecule has 0 bridgehead atoms. The van der Waals surface area contributed by atoms with Crippen LogP contribution in [-0.4, -0.2) is 33.5 Å². The second-order valence-electron chi connectivity index (χ2n) is 7.72. The van der Waals surface area contributed by atoms with E-state index in [1.54, 1.807) is 31.6 Å². The number of carbonyl (C=O) groups is 1. The van der Waals surface area contributed by atoms with Crippen molar-refractivity contribution in [1.29, 1.82) is 0 Å². The van der Waals surface area contributed by atoms with Gasteiger partial charge in [0.1, 0.15) is 11.6 Å². The van der Waals surface area contributed by atoms with E-state index in [2.05, 4.69) is 10.1 Å². The number of hydrogen-bond acceptors (Lipinski definition) is 5. The zero-order valence-corrected chi connectivity index (χ0v) is 17.7. The summed E-state index contributed by atoms with van der Waals surface area (Å²) in [5.41, 5.74) is 2.34. The van der Waals surface area contributed by atoms with Crippen molar-refractivity contribution in [1.82, 2.24) is 14.6 Å². The Labute approximate surface area is 184 Å². The summed E-state index contributed by atoms with van der Waals surface area (Å²) >= 11 is 0. The Kier molecular flexibility index (Phi) is 4.77. The molecule has 7 nitrogen and oxygen atoms in total. The molecule has 162 valence electrons. The van der Waals surface area contributed by atoms with E-state index in [1.165, 1.54) is 17.1 Å². The number of aryl methyl sites for hydroxylation is 1. The molecular formula is C24H21FN4O3. The summed E-state index contributed by atoms with van der Waals surface area (Å²) < 4.78 is 27.0. The van der Waals surface area contributed by atoms with Gasteiger partial charge < -0.3 is 14.0 Å². The number of halogens is 1. The number of imidazole rings is 1. The number of amides is 1. The smallest absolute Gasteiger partial charge is 0.246 e. The molecule has 0 saturated carbocycles. The van der Waals surface area contributed by atoms with Gasteiger partial charge in [-0.25, -0.2) is 9.37 Å². The Hall–Kier alpha value is -3.94. The number of carbonyl (C=O) groups excluding carboxylic acids is 1. The predicted octanol–water partition coefficient (Wildman–Crippen LogP) is 4.16. The molecule has 3 heterocycles. The molecule has 1 unspecified atom stereocenters. The van der Waals surface area contributed by atoms with Gasteiger partial charge in [0.25, 0.3) is 0 Å². The molecule has 0 radical (unpaired) electrons. The highest BCUT2D eigenvalue weighted by Gasteiger charge is 2.53. The van der Waals surface area contributed by atoms with Crippen molar-refractivity contribution < 1.29 is 18.7 Å². The molecule has 1 saturated heterocycles. The van der Waals surface area contributed by atoms with Crippen molar-refractivity contribution in [3.63, 3.8) is 0 Å². The fraction of sp³-hybridized carbons (Fsp3) is 0.208. The number of hydrazone groups is 1. The van der Waals surface area contributed by atoms with E-state index in [0.717, 1.165) is 16.9 Å². The molecule has 3 aromatic rings. The normalized spacial score (nSPS) is 19.9. The largest absolute Gasteiger partial charge is 0.495 e. The van der Waals surface area contributed by atoms with Crippen LogP contribution in [0.5, 0.6) is 5.75 Å². The summed E-state index contributed by atoms with van der Waals surface area (Å²) in [6, 6.07) is 11.8. The van der Waals surface area contributed by atoms with Crippen LogP contribution in [0.4, 0.5) is 4.39 Å². The molecular weight excluding hydrogens is 411 g/mol. The minimum absolute atomic E-state index is 0.126. The van der Waals surface area contributed by atoms with Crippen LogP contribution >= 0.6 is 0 Å². The molecule has 1 aromatic heterocycles. The molecule has 8 heteroatoms. The molecule has 5 rings (SSSR count). The van der Waals surface area contributed by atoms with Gasteiger partial charge in [0.05, 0.1) is 24.8 Å². The van der Waals surface area contributed by atoms with Crippen molar-refractivity contribution in [2.75, 3.05) is 7.11 Å². The van der Waals surface area contributed by atoms with Crippen molar-refractivity contribution in [2.45, 2.75) is 25.5 Å². The monoisotopic (exact) mass is 432 g/mol. The summed E-state index contributed by atoms with van der Waals surface area (Å²) in [5, 5.41) is 5.75. The van der Waals surface area contributed by atoms with Crippen LogP contribution in [0.3, 0.4) is 0 Å². The SMILES string of the molecule is COc1cc(C=CC2=NN3C(=O)CCC3(c3ccc(F)cc3)O2)ccc1-n1cnc(C)c1. The van der Waals surface area contributed by atoms with Gasteiger partial charge in [-0.1, -0.05) is 18.2 Å². The van der Waals surface area contributed by atoms with Crippen LogP contribution < -0.4 is 4.74 Å². The van der Waals surface area contributed by atoms with E-state index in [0.29, 0.717) is 30.1 Å². The Bertz CT molecular complexity index is 1250. The van der Waals surface area contributed by atoms with Gasteiger partial charge in [-0.15, -0.1) is 5.10 Å². The average molecular weight is 432 g/mol. The van der Waals surface area contributed by atoms with Crippen LogP contribution in [0.2, 0.25) is 0 Å². The third kappa shape index (κ3) is 3.33. The standard InChI is InChI=1S/C24H21FN4O3/c1-16-14-28(15-26-16)20-9-3-17(13-21(20)31-2)4-10-22-27-29-23(30)11-12-24(29,32-22)18-5-7-19(25)8-6-18/h3-10,13-15H,11-12H2,1-2H3. The van der Waals surface area contributed by atoms with Gasteiger partial charge in [-0.3, -0.25) is 4.79 Å². The lowest BCUT2D eigenvalue weighted by Crippen LogP contribution is -2.37. The highest BCUT2D eigenvalue weighted by Crippen LogP contribution is 2.44. The lowest BCUT2D eigenvalue weighted by molar-refractivity contribution is -0.138. The van der Waals surface area contributed by atoms with Crippen LogP contribution in [0.15, 0.2) is 66.2 Å². The lowest BCUT2D eigenvalue weighted by atomic mass is 10.0. The lowest BCUT2D eigenvalue weighted by Gasteiger charge is -2.28. The second kappa shape index (κ2) is 7.64. The van der Waals surface area contributed by atoms with E-state index in [-0.39, 0.29) is 11.7 Å². The molecule has 2 aromatic carbocycles. The molecule has 0 N–H and O–H groups in total. The van der Waals surface area contributed by atoms with Crippen LogP contribution in [0.25, 0.3) is 11.8 Å². The Morgan fingerprint density at radius 1 is 1.19 bits per heavy atom. The van der Waals surface area contributed by atoms with Crippen molar-refractivity contribution in [2.24, 2.45) is 5.10 Å². The first kappa shape index (κ1) is 20.0. The quantitative estimate of drug-likeness (QED) is 0.607. The van der Waals surface area contributed by atoms with Crippen LogP contribution in [-0.2, 0) is 15.3 Å². The third-order valence-corrected chi connectivity index (χ3v) is 5.64. The topological polar surface area (TPSA) is 68.9 Å². The Morgan fingerprint density at radius 2 is 2.00 bits per heavy atom. The minimum atomic E-state index is -1.02. The van der Waals surface area contributed by atoms with Gasteiger partial charge in [0, 0.05) is 30.7 Å². The zero-order valence-electron chi connectivity index (χ0n) is 17.7. The second-order valence-corrected chi connectivity index (χ2v) is 7.72. The number of benzene rings is 2. The molecule has 2 aliphatic rings. The average Bonchev–Trinajstić information content (AvgIpc) is 3.48. The van der Waals surface area contributed by atoms with E-state index >= 15 is 0 Å². The number of methoxy groups -OCH3 is 1. The molecule has 1 amide bonds. The Morgan fingerprint density at radius 3 is 2.72 bits per heavy atom. The first-order chi connectivity index (χ1) is 15.5. The molecule has 32 heavy (non-hydrogen) atoms.